The molecule has 3 unspecified atom stereocenters. The minimum atomic E-state index is -1.50. The summed E-state index contributed by atoms with van der Waals surface area (Å²) < 4.78 is 31.5. The van der Waals surface area contributed by atoms with Crippen molar-refractivity contribution in [2.75, 3.05) is 34.8 Å². The number of halogens is 1. The first-order valence-corrected chi connectivity index (χ1v) is 10.8. The number of anilines is 3. The maximum atomic E-state index is 14.6. The van der Waals surface area contributed by atoms with Gasteiger partial charge in [0.15, 0.2) is 0 Å². The van der Waals surface area contributed by atoms with Gasteiger partial charge in [-0.25, -0.2) is 12.9 Å². The van der Waals surface area contributed by atoms with Gasteiger partial charge in [0.2, 0.25) is 11.2 Å². The standard InChI is InChI=1S/C21H27FN4OS/c1-15-8-9-19(18(22)12-15)26-21-7-5-4-6-20(21)25(28(26)27)11-10-24-13-16(2)23-17(3)14-24/h4-9,12,16-17,23H,10-11,13-14H2,1-3H3. The smallest absolute Gasteiger partial charge is 0.230 e. The molecule has 5 nitrogen and oxygen atoms in total. The molecule has 2 aliphatic heterocycles. The van der Waals surface area contributed by atoms with Gasteiger partial charge in [-0.15, -0.1) is 0 Å². The quantitative estimate of drug-likeness (QED) is 0.852. The molecule has 7 heteroatoms. The summed E-state index contributed by atoms with van der Waals surface area (Å²) in [7, 11) is 0. The lowest BCUT2D eigenvalue weighted by Crippen LogP contribution is -2.55. The van der Waals surface area contributed by atoms with Crippen molar-refractivity contribution in [1.29, 1.82) is 0 Å². The van der Waals surface area contributed by atoms with E-state index in [1.54, 1.807) is 10.4 Å². The van der Waals surface area contributed by atoms with Crippen molar-refractivity contribution < 1.29 is 8.60 Å². The maximum Gasteiger partial charge on any atom is 0.230 e. The summed E-state index contributed by atoms with van der Waals surface area (Å²) in [4.78, 5) is 2.40. The van der Waals surface area contributed by atoms with Crippen molar-refractivity contribution in [3.63, 3.8) is 0 Å². The average molecular weight is 403 g/mol. The van der Waals surface area contributed by atoms with E-state index in [4.69, 9.17) is 0 Å². The van der Waals surface area contributed by atoms with Crippen molar-refractivity contribution in [3.8, 4) is 0 Å². The van der Waals surface area contributed by atoms with E-state index in [1.807, 2.05) is 41.6 Å². The van der Waals surface area contributed by atoms with Crippen LogP contribution in [0.4, 0.5) is 21.5 Å². The van der Waals surface area contributed by atoms with Gasteiger partial charge in [0.05, 0.1) is 17.1 Å². The molecule has 3 atom stereocenters. The predicted octanol–water partition coefficient (Wildman–Crippen LogP) is 3.35. The third-order valence-corrected chi connectivity index (χ3v) is 6.75. The summed E-state index contributed by atoms with van der Waals surface area (Å²) in [5.74, 6) is -0.352. The van der Waals surface area contributed by atoms with Gasteiger partial charge in [-0.05, 0) is 50.6 Å². The molecule has 0 bridgehead atoms. The second kappa shape index (κ2) is 7.81. The lowest BCUT2D eigenvalue weighted by molar-refractivity contribution is 0.178. The first kappa shape index (κ1) is 19.4. The number of benzene rings is 2. The number of piperazine rings is 1. The average Bonchev–Trinajstić information content (AvgIpc) is 2.91. The van der Waals surface area contributed by atoms with Crippen LogP contribution in [0.5, 0.6) is 0 Å². The Bertz CT molecular complexity index is 882. The number of para-hydroxylation sites is 2. The number of nitrogens with one attached hydrogen (secondary N) is 1. The van der Waals surface area contributed by atoms with E-state index in [9.17, 15) is 8.60 Å². The van der Waals surface area contributed by atoms with Crippen molar-refractivity contribution in [2.24, 2.45) is 0 Å². The molecule has 2 aromatic rings. The van der Waals surface area contributed by atoms with Crippen LogP contribution in [0.15, 0.2) is 42.5 Å². The molecule has 2 aromatic carbocycles. The van der Waals surface area contributed by atoms with Gasteiger partial charge in [-0.2, -0.15) is 0 Å². The fourth-order valence-electron chi connectivity index (χ4n) is 4.16. The van der Waals surface area contributed by atoms with Crippen LogP contribution < -0.4 is 13.9 Å². The monoisotopic (exact) mass is 402 g/mol. The van der Waals surface area contributed by atoms with Crippen LogP contribution in [0.1, 0.15) is 19.4 Å². The fourth-order valence-corrected chi connectivity index (χ4v) is 5.55. The molecule has 150 valence electrons. The van der Waals surface area contributed by atoms with Crippen molar-refractivity contribution in [2.45, 2.75) is 32.9 Å². The van der Waals surface area contributed by atoms with Crippen LogP contribution in [-0.4, -0.2) is 47.4 Å². The third kappa shape index (κ3) is 3.66. The van der Waals surface area contributed by atoms with E-state index in [0.29, 0.717) is 24.3 Å². The van der Waals surface area contributed by atoms with E-state index in [-0.39, 0.29) is 5.82 Å². The summed E-state index contributed by atoms with van der Waals surface area (Å²) in [5, 5.41) is 3.54. The Morgan fingerprint density at radius 1 is 1.04 bits per heavy atom. The molecular formula is C21H27FN4OS. The molecule has 0 aromatic heterocycles. The zero-order valence-electron chi connectivity index (χ0n) is 16.6. The highest BCUT2D eigenvalue weighted by Gasteiger charge is 2.36. The van der Waals surface area contributed by atoms with Gasteiger partial charge in [0.25, 0.3) is 0 Å². The number of aryl methyl sites for hydroxylation is 1. The molecule has 4 rings (SSSR count). The largest absolute Gasteiger partial charge is 0.309 e. The number of hydrogen-bond donors (Lipinski definition) is 1. The highest BCUT2D eigenvalue weighted by atomic mass is 32.2. The predicted molar refractivity (Wildman–Crippen MR) is 114 cm³/mol. The van der Waals surface area contributed by atoms with Crippen LogP contribution >= 0.6 is 0 Å². The molecule has 2 heterocycles. The lowest BCUT2D eigenvalue weighted by Gasteiger charge is -2.36. The Morgan fingerprint density at radius 2 is 1.71 bits per heavy atom. The number of hydrogen-bond acceptors (Lipinski definition) is 3. The van der Waals surface area contributed by atoms with Gasteiger partial charge < -0.3 is 5.32 Å². The molecule has 1 N–H and O–H groups in total. The molecule has 1 saturated heterocycles. The molecule has 0 spiro atoms. The van der Waals surface area contributed by atoms with Gasteiger partial charge in [0.1, 0.15) is 5.82 Å². The van der Waals surface area contributed by atoms with E-state index < -0.39 is 11.2 Å². The van der Waals surface area contributed by atoms with Crippen molar-refractivity contribution >= 4 is 28.2 Å². The number of rotatable bonds is 4. The molecule has 0 radical (unpaired) electrons. The maximum absolute atomic E-state index is 14.6. The highest BCUT2D eigenvalue weighted by Crippen LogP contribution is 2.44. The topological polar surface area (TPSA) is 38.8 Å². The minimum absolute atomic E-state index is 0.350. The van der Waals surface area contributed by atoms with Crippen LogP contribution in [0.3, 0.4) is 0 Å². The van der Waals surface area contributed by atoms with E-state index in [1.165, 1.54) is 6.07 Å². The fraction of sp³-hybridized carbons (Fsp3) is 0.429. The Morgan fingerprint density at radius 3 is 2.39 bits per heavy atom. The van der Waals surface area contributed by atoms with Gasteiger partial charge in [0, 0.05) is 38.3 Å². The molecular weight excluding hydrogens is 375 g/mol. The normalized spacial score (nSPS) is 25.2. The molecule has 0 saturated carbocycles. The Kier molecular flexibility index (Phi) is 5.40. The van der Waals surface area contributed by atoms with Crippen LogP contribution in [0.25, 0.3) is 0 Å². The van der Waals surface area contributed by atoms with E-state index in [2.05, 4.69) is 24.1 Å². The molecule has 28 heavy (non-hydrogen) atoms. The first-order chi connectivity index (χ1) is 13.4. The summed E-state index contributed by atoms with van der Waals surface area (Å²) in [5.41, 5.74) is 2.87. The minimum Gasteiger partial charge on any atom is -0.309 e. The first-order valence-electron chi connectivity index (χ1n) is 9.77. The van der Waals surface area contributed by atoms with E-state index in [0.717, 1.165) is 36.6 Å². The number of fused-ring (bicyclic) bond motifs is 1. The van der Waals surface area contributed by atoms with Gasteiger partial charge in [-0.3, -0.25) is 9.21 Å². The lowest BCUT2D eigenvalue weighted by atomic mass is 10.1. The molecule has 0 aliphatic carbocycles. The Hall–Kier alpha value is -1.96. The Labute approximate surface area is 168 Å². The second-order valence-electron chi connectivity index (χ2n) is 7.80. The van der Waals surface area contributed by atoms with Crippen LogP contribution in [0.2, 0.25) is 0 Å². The van der Waals surface area contributed by atoms with Crippen molar-refractivity contribution in [3.05, 3.63) is 53.8 Å². The summed E-state index contributed by atoms with van der Waals surface area (Å²) in [6.07, 6.45) is 0. The summed E-state index contributed by atoms with van der Waals surface area (Å²) in [6.45, 7) is 9.63. The molecule has 0 amide bonds. The second-order valence-corrected chi connectivity index (χ2v) is 9.07. The third-order valence-electron chi connectivity index (χ3n) is 5.29. The Balaban J connectivity index is 1.58. The summed E-state index contributed by atoms with van der Waals surface area (Å²) in [6, 6.07) is 13.6. The zero-order chi connectivity index (χ0) is 19.8. The van der Waals surface area contributed by atoms with Crippen LogP contribution in [-0.2, 0) is 11.2 Å². The van der Waals surface area contributed by atoms with Gasteiger partial charge >= 0.3 is 0 Å². The van der Waals surface area contributed by atoms with Gasteiger partial charge in [-0.1, -0.05) is 18.2 Å². The molecule has 2 aliphatic rings. The number of nitrogens with zero attached hydrogens (tertiary/aromatic N) is 3. The SMILES string of the molecule is Cc1ccc(N2c3ccccc3N(CCN3CC(C)NC(C)C3)S2=O)c(F)c1. The van der Waals surface area contributed by atoms with Crippen LogP contribution in [0, 0.1) is 12.7 Å². The van der Waals surface area contributed by atoms with Crippen molar-refractivity contribution in [1.82, 2.24) is 10.2 Å². The highest BCUT2D eigenvalue weighted by molar-refractivity contribution is 7.88. The summed E-state index contributed by atoms with van der Waals surface area (Å²) >= 11 is -1.50. The van der Waals surface area contributed by atoms with E-state index >= 15 is 0 Å². The molecule has 1 fully saturated rings. The zero-order valence-corrected chi connectivity index (χ0v) is 17.4.